The second-order valence-corrected chi connectivity index (χ2v) is 5.60. The van der Waals surface area contributed by atoms with Gasteiger partial charge in [0.05, 0.1) is 19.0 Å². The molecule has 0 bridgehead atoms. The van der Waals surface area contributed by atoms with E-state index in [-0.39, 0.29) is 11.7 Å². The van der Waals surface area contributed by atoms with Gasteiger partial charge in [0.15, 0.2) is 0 Å². The molecule has 5 nitrogen and oxygen atoms in total. The summed E-state index contributed by atoms with van der Waals surface area (Å²) in [6.45, 7) is 0.553. The first-order valence-electron chi connectivity index (χ1n) is 8.04. The van der Waals surface area contributed by atoms with Crippen LogP contribution < -0.4 is 15.4 Å². The van der Waals surface area contributed by atoms with Crippen molar-refractivity contribution in [2.75, 3.05) is 17.7 Å². The first-order valence-corrected chi connectivity index (χ1v) is 8.04. The lowest BCUT2D eigenvalue weighted by Gasteiger charge is -2.09. The van der Waals surface area contributed by atoms with Crippen molar-refractivity contribution in [3.8, 4) is 5.75 Å². The minimum Gasteiger partial charge on any atom is -0.497 e. The lowest BCUT2D eigenvalue weighted by atomic mass is 10.2. The minimum absolute atomic E-state index is 0.258. The molecule has 0 aliphatic carbocycles. The maximum Gasteiger partial charge on any atom is 0.256 e. The molecule has 1 aromatic heterocycles. The van der Waals surface area contributed by atoms with Gasteiger partial charge in [-0.2, -0.15) is 0 Å². The van der Waals surface area contributed by atoms with E-state index in [9.17, 15) is 9.18 Å². The Bertz CT molecular complexity index is 880. The topological polar surface area (TPSA) is 63.2 Å². The molecule has 0 aliphatic heterocycles. The highest BCUT2D eigenvalue weighted by molar-refractivity contribution is 6.04. The van der Waals surface area contributed by atoms with Crippen molar-refractivity contribution >= 4 is 17.4 Å². The molecule has 0 atom stereocenters. The number of nitrogens with zero attached hydrogens (tertiary/aromatic N) is 1. The molecule has 0 unspecified atom stereocenters. The summed E-state index contributed by atoms with van der Waals surface area (Å²) in [5.74, 6) is 0.547. The van der Waals surface area contributed by atoms with Crippen molar-refractivity contribution in [3.63, 3.8) is 0 Å². The molecule has 132 valence electrons. The largest absolute Gasteiger partial charge is 0.497 e. The third-order valence-electron chi connectivity index (χ3n) is 3.75. The predicted octanol–water partition coefficient (Wildman–Crippen LogP) is 4.09. The smallest absolute Gasteiger partial charge is 0.256 e. The van der Waals surface area contributed by atoms with Crippen LogP contribution in [0.3, 0.4) is 0 Å². The molecule has 2 aromatic carbocycles. The van der Waals surface area contributed by atoms with Crippen LogP contribution in [-0.4, -0.2) is 18.0 Å². The zero-order chi connectivity index (χ0) is 18.4. The number of ether oxygens (including phenoxy) is 1. The summed E-state index contributed by atoms with van der Waals surface area (Å²) in [6.07, 6.45) is 1.63. The van der Waals surface area contributed by atoms with E-state index < -0.39 is 0 Å². The van der Waals surface area contributed by atoms with Crippen LogP contribution >= 0.6 is 0 Å². The van der Waals surface area contributed by atoms with Gasteiger partial charge in [0.25, 0.3) is 5.91 Å². The van der Waals surface area contributed by atoms with E-state index in [1.165, 1.54) is 12.1 Å². The Balaban J connectivity index is 1.58. The van der Waals surface area contributed by atoms with E-state index in [2.05, 4.69) is 15.6 Å². The third-order valence-corrected chi connectivity index (χ3v) is 3.75. The molecule has 0 radical (unpaired) electrons. The van der Waals surface area contributed by atoms with Crippen LogP contribution in [0.2, 0.25) is 0 Å². The van der Waals surface area contributed by atoms with Crippen LogP contribution in [0.1, 0.15) is 15.9 Å². The van der Waals surface area contributed by atoms with E-state index in [1.54, 1.807) is 55.8 Å². The fourth-order valence-corrected chi connectivity index (χ4v) is 2.33. The molecule has 0 saturated heterocycles. The zero-order valence-electron chi connectivity index (χ0n) is 14.2. The van der Waals surface area contributed by atoms with Crippen molar-refractivity contribution < 1.29 is 13.9 Å². The highest BCUT2D eigenvalue weighted by Crippen LogP contribution is 2.15. The van der Waals surface area contributed by atoms with Gasteiger partial charge in [-0.3, -0.25) is 4.79 Å². The van der Waals surface area contributed by atoms with Crippen molar-refractivity contribution in [2.24, 2.45) is 0 Å². The lowest BCUT2D eigenvalue weighted by molar-refractivity contribution is 0.102. The lowest BCUT2D eigenvalue weighted by Crippen LogP contribution is -2.13. The molecule has 0 spiro atoms. The Morgan fingerprint density at radius 1 is 1.12 bits per heavy atom. The number of rotatable bonds is 6. The Hall–Kier alpha value is -3.41. The van der Waals surface area contributed by atoms with Crippen molar-refractivity contribution in [3.05, 3.63) is 83.8 Å². The maximum absolute atomic E-state index is 12.9. The van der Waals surface area contributed by atoms with Gasteiger partial charge in [0, 0.05) is 12.1 Å². The Morgan fingerprint density at radius 2 is 1.92 bits per heavy atom. The molecule has 6 heteroatoms. The number of amides is 1. The molecule has 2 N–H and O–H groups in total. The zero-order valence-corrected chi connectivity index (χ0v) is 14.2. The number of benzene rings is 2. The highest BCUT2D eigenvalue weighted by Gasteiger charge is 2.08. The number of anilines is 2. The van der Waals surface area contributed by atoms with Gasteiger partial charge in [-0.05, 0) is 48.0 Å². The van der Waals surface area contributed by atoms with Gasteiger partial charge < -0.3 is 15.4 Å². The number of pyridine rings is 1. The fourth-order valence-electron chi connectivity index (χ4n) is 2.33. The molecular weight excluding hydrogens is 333 g/mol. The predicted molar refractivity (Wildman–Crippen MR) is 98.9 cm³/mol. The Morgan fingerprint density at radius 3 is 2.62 bits per heavy atom. The van der Waals surface area contributed by atoms with Crippen LogP contribution in [0, 0.1) is 5.82 Å². The SMILES string of the molecule is COc1cccc(C(=O)Nc2ccc(NCc3ccc(F)cc3)cn2)c1. The number of nitrogens with one attached hydrogen (secondary N) is 2. The maximum atomic E-state index is 12.9. The molecule has 0 fully saturated rings. The Kier molecular flexibility index (Phi) is 5.43. The number of carbonyl (C=O) groups excluding carboxylic acids is 1. The van der Waals surface area contributed by atoms with Crippen molar-refractivity contribution in [2.45, 2.75) is 6.54 Å². The number of methoxy groups -OCH3 is 1. The van der Waals surface area contributed by atoms with Gasteiger partial charge in [-0.25, -0.2) is 9.37 Å². The highest BCUT2D eigenvalue weighted by atomic mass is 19.1. The second-order valence-electron chi connectivity index (χ2n) is 5.60. The molecule has 26 heavy (non-hydrogen) atoms. The number of hydrogen-bond acceptors (Lipinski definition) is 4. The van der Waals surface area contributed by atoms with Crippen LogP contribution in [0.5, 0.6) is 5.75 Å². The fraction of sp³-hybridized carbons (Fsp3) is 0.100. The average Bonchev–Trinajstić information content (AvgIpc) is 2.68. The van der Waals surface area contributed by atoms with Crippen LogP contribution in [-0.2, 0) is 6.54 Å². The Labute approximate surface area is 150 Å². The number of hydrogen-bond donors (Lipinski definition) is 2. The number of aromatic nitrogens is 1. The third kappa shape index (κ3) is 4.57. The average molecular weight is 351 g/mol. The van der Waals surface area contributed by atoms with E-state index in [1.807, 2.05) is 6.07 Å². The van der Waals surface area contributed by atoms with Gasteiger partial charge in [0.1, 0.15) is 17.4 Å². The molecule has 0 aliphatic rings. The van der Waals surface area contributed by atoms with Crippen LogP contribution in [0.4, 0.5) is 15.9 Å². The number of carbonyl (C=O) groups is 1. The molecule has 1 heterocycles. The summed E-state index contributed by atoms with van der Waals surface area (Å²) in [5.41, 5.74) is 2.25. The summed E-state index contributed by atoms with van der Waals surface area (Å²) in [5, 5.41) is 5.94. The van der Waals surface area contributed by atoms with Gasteiger partial charge in [-0.15, -0.1) is 0 Å². The van der Waals surface area contributed by atoms with Gasteiger partial charge in [0.2, 0.25) is 0 Å². The summed E-state index contributed by atoms with van der Waals surface area (Å²) in [6, 6.07) is 16.7. The first-order chi connectivity index (χ1) is 12.6. The normalized spacial score (nSPS) is 10.2. The quantitative estimate of drug-likeness (QED) is 0.702. The second kappa shape index (κ2) is 8.11. The summed E-state index contributed by atoms with van der Waals surface area (Å²) < 4.78 is 18.0. The van der Waals surface area contributed by atoms with Crippen LogP contribution in [0.25, 0.3) is 0 Å². The molecular formula is C20H18FN3O2. The first kappa shape index (κ1) is 17.4. The minimum atomic E-state index is -0.261. The summed E-state index contributed by atoms with van der Waals surface area (Å²) >= 11 is 0. The standard InChI is InChI=1S/C20H18FN3O2/c1-26-18-4-2-3-15(11-18)20(25)24-19-10-9-17(13-23-19)22-12-14-5-7-16(21)8-6-14/h2-11,13,22H,12H2,1H3,(H,23,24,25). The van der Waals surface area contributed by atoms with Gasteiger partial charge >= 0.3 is 0 Å². The molecule has 0 saturated carbocycles. The van der Waals surface area contributed by atoms with E-state index in [0.717, 1.165) is 11.3 Å². The monoisotopic (exact) mass is 351 g/mol. The van der Waals surface area contributed by atoms with Gasteiger partial charge in [-0.1, -0.05) is 18.2 Å². The van der Waals surface area contributed by atoms with E-state index in [4.69, 9.17) is 4.74 Å². The van der Waals surface area contributed by atoms with E-state index in [0.29, 0.717) is 23.7 Å². The molecule has 1 amide bonds. The molecule has 3 rings (SSSR count). The summed E-state index contributed by atoms with van der Waals surface area (Å²) in [7, 11) is 1.55. The van der Waals surface area contributed by atoms with E-state index >= 15 is 0 Å². The summed E-state index contributed by atoms with van der Waals surface area (Å²) in [4.78, 5) is 16.5. The van der Waals surface area contributed by atoms with Crippen molar-refractivity contribution in [1.82, 2.24) is 4.98 Å². The number of halogens is 1. The molecule has 3 aromatic rings. The van der Waals surface area contributed by atoms with Crippen molar-refractivity contribution in [1.29, 1.82) is 0 Å². The van der Waals surface area contributed by atoms with Crippen LogP contribution in [0.15, 0.2) is 66.9 Å².